The number of hydrogen-bond acceptors (Lipinski definition) is 6. The first-order chi connectivity index (χ1) is 60.2. The molecule has 0 aliphatic heterocycles. The molecule has 0 spiro atoms. The average Bonchev–Trinajstić information content (AvgIpc) is 1.58. The summed E-state index contributed by atoms with van der Waals surface area (Å²) in [7, 11) is 0. The van der Waals surface area contributed by atoms with Gasteiger partial charge in [0.25, 0.3) is 0 Å². The zero-order valence-corrected chi connectivity index (χ0v) is 69.6. The van der Waals surface area contributed by atoms with E-state index in [0.717, 1.165) is 107 Å². The Bertz CT molecular complexity index is 6990. The Morgan fingerprint density at radius 3 is 0.650 bits per heavy atom. The molecule has 123 heavy (non-hydrogen) atoms. The molecule has 0 amide bonds. The van der Waals surface area contributed by atoms with Gasteiger partial charge in [0, 0.05) is 66.3 Å². The second-order valence-electron chi connectivity index (χ2n) is 33.6. The van der Waals surface area contributed by atoms with Crippen molar-refractivity contribution in [1.29, 1.82) is 0 Å². The van der Waals surface area contributed by atoms with Gasteiger partial charge in [-0.3, -0.25) is 0 Å². The van der Waals surface area contributed by atoms with Crippen LogP contribution in [0.2, 0.25) is 0 Å². The molecule has 3 aliphatic carbocycles. The highest BCUT2D eigenvalue weighted by Gasteiger charge is 2.40. The molecular weight excluding hydrogens is 1490 g/mol. The zero-order valence-electron chi connectivity index (χ0n) is 69.6. The van der Waals surface area contributed by atoms with Gasteiger partial charge in [-0.2, -0.15) is 0 Å². The van der Waals surface area contributed by atoms with Crippen LogP contribution in [-0.2, 0) is 16.2 Å². The maximum Gasteiger partial charge on any atom is 0.160 e. The Labute approximate surface area is 720 Å². The lowest BCUT2D eigenvalue weighted by Gasteiger charge is -2.21. The molecule has 0 N–H and O–H groups in total. The Kier molecular flexibility index (Phi) is 20.0. The first-order valence-electron chi connectivity index (χ1n) is 42.4. The van der Waals surface area contributed by atoms with E-state index in [0.29, 0.717) is 0 Å². The third kappa shape index (κ3) is 14.6. The Balaban J connectivity index is 0.000000118. The van der Waals surface area contributed by atoms with Crippen molar-refractivity contribution in [2.45, 2.75) is 57.8 Å². The number of fused-ring (bicyclic) bond motifs is 9. The maximum absolute atomic E-state index is 5.06. The number of aromatic nitrogens is 6. The van der Waals surface area contributed by atoms with Crippen LogP contribution in [0.5, 0.6) is 0 Å². The van der Waals surface area contributed by atoms with E-state index in [2.05, 4.69) is 381 Å². The van der Waals surface area contributed by atoms with Crippen molar-refractivity contribution in [1.82, 2.24) is 29.9 Å². The van der Waals surface area contributed by atoms with Crippen LogP contribution in [0.4, 0.5) is 0 Å². The second-order valence-corrected chi connectivity index (χ2v) is 33.6. The molecule has 19 aromatic rings. The molecule has 0 radical (unpaired) electrons. The highest BCUT2D eigenvalue weighted by Crippen LogP contribution is 2.56. The minimum atomic E-state index is -0.0264. The first-order valence-corrected chi connectivity index (χ1v) is 42.4. The van der Waals surface area contributed by atoms with E-state index in [-0.39, 0.29) is 16.2 Å². The van der Waals surface area contributed by atoms with Crippen LogP contribution in [-0.4, -0.2) is 29.9 Å². The number of nitrogens with zero attached hydrogens (tertiary/aromatic N) is 6. The summed E-state index contributed by atoms with van der Waals surface area (Å²) in [6, 6.07) is 150. The zero-order chi connectivity index (χ0) is 83.2. The Morgan fingerprint density at radius 1 is 0.138 bits per heavy atom. The van der Waals surface area contributed by atoms with Crippen molar-refractivity contribution < 1.29 is 0 Å². The van der Waals surface area contributed by atoms with Gasteiger partial charge in [-0.05, 0) is 148 Å². The van der Waals surface area contributed by atoms with E-state index in [1.807, 2.05) is 84.9 Å². The Hall–Kier alpha value is -15.2. The topological polar surface area (TPSA) is 77.3 Å². The van der Waals surface area contributed by atoms with E-state index in [1.54, 1.807) is 0 Å². The summed E-state index contributed by atoms with van der Waals surface area (Å²) in [5.41, 5.74) is 41.0. The van der Waals surface area contributed by atoms with Gasteiger partial charge in [0.15, 0.2) is 17.5 Å². The molecule has 0 bridgehead atoms. The molecule has 0 fully saturated rings. The van der Waals surface area contributed by atoms with Gasteiger partial charge < -0.3 is 0 Å². The van der Waals surface area contributed by atoms with Gasteiger partial charge in [0.1, 0.15) is 0 Å². The normalized spacial score (nSPS) is 13.0. The van der Waals surface area contributed by atoms with Crippen LogP contribution >= 0.6 is 0 Å². The maximum atomic E-state index is 5.06. The predicted molar refractivity (Wildman–Crippen MR) is 509 cm³/mol. The molecular formula is C117H88N6. The van der Waals surface area contributed by atoms with Crippen LogP contribution in [0.25, 0.3) is 180 Å². The van der Waals surface area contributed by atoms with Crippen molar-refractivity contribution >= 4 is 0 Å². The Morgan fingerprint density at radius 2 is 0.333 bits per heavy atom. The summed E-state index contributed by atoms with van der Waals surface area (Å²) >= 11 is 0. The van der Waals surface area contributed by atoms with Crippen molar-refractivity contribution in [3.63, 3.8) is 0 Å². The third-order valence-electron chi connectivity index (χ3n) is 24.9. The molecule has 0 saturated heterocycles. The van der Waals surface area contributed by atoms with Gasteiger partial charge in [0.2, 0.25) is 0 Å². The van der Waals surface area contributed by atoms with Gasteiger partial charge in [-0.1, -0.05) is 430 Å². The monoisotopic (exact) mass is 1580 g/mol. The lowest BCUT2D eigenvalue weighted by Crippen LogP contribution is -2.14. The lowest BCUT2D eigenvalue weighted by molar-refractivity contribution is 0.660. The van der Waals surface area contributed by atoms with E-state index < -0.39 is 0 Å². The van der Waals surface area contributed by atoms with Crippen LogP contribution in [0, 0.1) is 0 Å². The summed E-state index contributed by atoms with van der Waals surface area (Å²) in [6.45, 7) is 14.0. The van der Waals surface area contributed by atoms with Crippen molar-refractivity contribution in [3.8, 4) is 180 Å². The average molecular weight is 1580 g/mol. The van der Waals surface area contributed by atoms with E-state index >= 15 is 0 Å². The van der Waals surface area contributed by atoms with Crippen molar-refractivity contribution in [3.05, 3.63) is 458 Å². The van der Waals surface area contributed by atoms with Crippen LogP contribution in [0.15, 0.2) is 425 Å². The molecule has 586 valence electrons. The lowest BCUT2D eigenvalue weighted by atomic mass is 9.82. The fourth-order valence-electron chi connectivity index (χ4n) is 18.6. The molecule has 0 unspecified atom stereocenters. The molecule has 3 heterocycles. The first kappa shape index (κ1) is 76.4. The van der Waals surface area contributed by atoms with E-state index in [1.165, 1.54) is 106 Å². The molecule has 3 aliphatic rings. The molecule has 16 aromatic carbocycles. The SMILES string of the molecule is CC1(C)c2ccccc2-c2c(-c3ccc(-c4cc(-c5ccccc5)nc(-c5ccccc5)n4)cc3)cccc21.CC1(C)c2ccccc2-c2c(-c3cccc(-c4cc(-c5ccccc5)nc(-c5ccccc5)n4)c3)cccc21.CC1(C)c2ccccc2-c2c(-c3cccc(-c4cccc(-c5cc(-c6ccccc6)nc(-c6ccccc6)n5)c4)c3)cccc21. The molecule has 6 heteroatoms. The molecule has 0 saturated carbocycles. The third-order valence-corrected chi connectivity index (χ3v) is 24.9. The summed E-state index contributed by atoms with van der Waals surface area (Å²) < 4.78 is 0. The minimum Gasteiger partial charge on any atom is -0.228 e. The fourth-order valence-corrected chi connectivity index (χ4v) is 18.6. The second kappa shape index (κ2) is 32.1. The minimum absolute atomic E-state index is 0.00941. The standard InChI is InChI=1S/C43H32N2.2C37H28N2/c1-43(2)37-24-10-9-22-36(37)41-35(23-13-25-38(41)43)33-20-11-18-31(26-33)32-19-12-21-34(27-32)40-28-39(29-14-5-3-6-15-29)44-42(45-40)30-16-7-4-8-17-30;1-37(2)31-21-10-9-19-30(31)35-29(20-12-22-32(35)37)27-17-11-18-28(23-27)34-24-33(25-13-5-3-6-14-25)38-36(39-34)26-15-7-4-8-16-26;1-37(2)31-18-10-9-16-30(31)35-29(17-11-19-32(35)37)25-20-22-27(23-21-25)34-24-33(26-12-5-3-6-13-26)38-36(39-34)28-14-7-4-8-15-28/h3-28H,1-2H3;2*3-24H,1-2H3. The number of rotatable bonds is 13. The predicted octanol–water partition coefficient (Wildman–Crippen LogP) is 30.0. The summed E-state index contributed by atoms with van der Waals surface area (Å²) in [6.07, 6.45) is 0. The van der Waals surface area contributed by atoms with Crippen molar-refractivity contribution in [2.24, 2.45) is 0 Å². The number of benzene rings is 16. The largest absolute Gasteiger partial charge is 0.228 e. The number of hydrogen-bond donors (Lipinski definition) is 0. The van der Waals surface area contributed by atoms with Crippen LogP contribution in [0.3, 0.4) is 0 Å². The molecule has 3 aromatic heterocycles. The van der Waals surface area contributed by atoms with Crippen molar-refractivity contribution in [2.75, 3.05) is 0 Å². The van der Waals surface area contributed by atoms with Gasteiger partial charge in [0.05, 0.1) is 34.2 Å². The van der Waals surface area contributed by atoms with E-state index in [4.69, 9.17) is 29.9 Å². The summed E-state index contributed by atoms with van der Waals surface area (Å²) in [4.78, 5) is 30.0. The molecule has 6 nitrogen and oxygen atoms in total. The van der Waals surface area contributed by atoms with E-state index in [9.17, 15) is 0 Å². The van der Waals surface area contributed by atoms with Gasteiger partial charge in [-0.15, -0.1) is 0 Å². The highest BCUT2D eigenvalue weighted by molar-refractivity contribution is 5.97. The smallest absolute Gasteiger partial charge is 0.160 e. The molecule has 22 rings (SSSR count). The van der Waals surface area contributed by atoms with Gasteiger partial charge in [-0.25, -0.2) is 29.9 Å². The highest BCUT2D eigenvalue weighted by atomic mass is 14.9. The summed E-state index contributed by atoms with van der Waals surface area (Å²) in [5, 5.41) is 0. The fraction of sp³-hybridized carbons (Fsp3) is 0.0769. The van der Waals surface area contributed by atoms with Gasteiger partial charge >= 0.3 is 0 Å². The quantitative estimate of drug-likeness (QED) is 0.114. The van der Waals surface area contributed by atoms with Crippen LogP contribution < -0.4 is 0 Å². The molecule has 0 atom stereocenters. The summed E-state index contributed by atoms with van der Waals surface area (Å²) in [5.74, 6) is 2.19. The van der Waals surface area contributed by atoms with Crippen LogP contribution in [0.1, 0.15) is 74.9 Å².